The van der Waals surface area contributed by atoms with Crippen LogP contribution in [0.2, 0.25) is 0 Å². The summed E-state index contributed by atoms with van der Waals surface area (Å²) < 4.78 is 68.2. The van der Waals surface area contributed by atoms with Gasteiger partial charge in [0.2, 0.25) is 0 Å². The Balaban J connectivity index is -0.0000000178. The van der Waals surface area contributed by atoms with Gasteiger partial charge in [0.15, 0.2) is 0 Å². The third-order valence-electron chi connectivity index (χ3n) is 0. The maximum absolute atomic E-state index is 8.52. The first-order valence-corrected chi connectivity index (χ1v) is 4.00. The van der Waals surface area contributed by atoms with E-state index in [2.05, 4.69) is 0 Å². The van der Waals surface area contributed by atoms with Crippen molar-refractivity contribution in [3.63, 3.8) is 0 Å². The van der Waals surface area contributed by atoms with Gasteiger partial charge in [0.25, 0.3) is 0 Å². The molecule has 0 rings (SSSR count). The summed E-state index contributed by atoms with van der Waals surface area (Å²) in [7, 11) is -10.3. The van der Waals surface area contributed by atoms with E-state index in [1.807, 2.05) is 0 Å². The quantitative estimate of drug-likeness (QED) is 0.242. The summed E-state index contributed by atoms with van der Waals surface area (Å²) in [5.41, 5.74) is 0. The van der Waals surface area contributed by atoms with Crippen LogP contribution in [0.3, 0.4) is 0 Å². The van der Waals surface area contributed by atoms with Crippen LogP contribution >= 0.6 is 0 Å². The minimum atomic E-state index is -5.17. The van der Waals surface area contributed by atoms with Gasteiger partial charge in [0.1, 0.15) is 0 Å². The fraction of sp³-hybridized carbons (Fsp3) is 0. The van der Waals surface area contributed by atoms with Crippen molar-refractivity contribution < 1.29 is 197 Å². The first-order valence-electron chi connectivity index (χ1n) is 1.33. The van der Waals surface area contributed by atoms with Crippen LogP contribution in [0.15, 0.2) is 0 Å². The minimum absolute atomic E-state index is 0. The molecule has 0 saturated heterocycles. The van der Waals surface area contributed by atoms with E-state index < -0.39 is 20.8 Å². The molecular formula is K2Na2O8S2. The van der Waals surface area contributed by atoms with Crippen molar-refractivity contribution in [1.29, 1.82) is 0 Å². The first kappa shape index (κ1) is 36.4. The largest absolute Gasteiger partial charge is 1.00 e. The van der Waals surface area contributed by atoms with Crippen LogP contribution in [-0.4, -0.2) is 35.0 Å². The molecule has 0 amide bonds. The molecule has 0 aliphatic rings. The molecule has 0 radical (unpaired) electrons. The molecule has 64 valence electrons. The normalized spacial score (nSPS) is 8.29. The summed E-state index contributed by atoms with van der Waals surface area (Å²) in [5.74, 6) is 0. The maximum Gasteiger partial charge on any atom is 1.00 e. The van der Waals surface area contributed by atoms with E-state index in [4.69, 9.17) is 35.0 Å². The van der Waals surface area contributed by atoms with E-state index in [1.54, 1.807) is 0 Å². The van der Waals surface area contributed by atoms with Gasteiger partial charge in [-0.2, -0.15) is 0 Å². The molecule has 0 N–H and O–H groups in total. The van der Waals surface area contributed by atoms with E-state index in [1.165, 1.54) is 0 Å². The Kier molecular flexibility index (Phi) is 46.9. The van der Waals surface area contributed by atoms with Gasteiger partial charge in [0, 0.05) is 20.8 Å². The molecule has 0 heterocycles. The molecule has 0 saturated carbocycles. The summed E-state index contributed by atoms with van der Waals surface area (Å²) in [6.07, 6.45) is 0. The van der Waals surface area contributed by atoms with Crippen LogP contribution in [0.25, 0.3) is 0 Å². The molecule has 0 atom stereocenters. The van der Waals surface area contributed by atoms with Crippen molar-refractivity contribution in [2.75, 3.05) is 0 Å². The van der Waals surface area contributed by atoms with Gasteiger partial charge in [-0.05, 0) is 0 Å². The summed E-state index contributed by atoms with van der Waals surface area (Å²) >= 11 is 0. The molecule has 14 heteroatoms. The monoisotopic (exact) mass is 316 g/mol. The molecule has 0 aliphatic heterocycles. The molecule has 0 aliphatic carbocycles. The second kappa shape index (κ2) is 18.0. The summed E-state index contributed by atoms with van der Waals surface area (Å²) in [6.45, 7) is 0. The molecule has 0 aromatic heterocycles. The fourth-order valence-electron chi connectivity index (χ4n) is 0. The van der Waals surface area contributed by atoms with Crippen LogP contribution in [0.1, 0.15) is 0 Å². The third-order valence-corrected chi connectivity index (χ3v) is 0. The topological polar surface area (TPSA) is 161 Å². The van der Waals surface area contributed by atoms with Crippen LogP contribution in [0, 0.1) is 0 Å². The van der Waals surface area contributed by atoms with Gasteiger partial charge in [-0.25, -0.2) is 0 Å². The molecule has 0 spiro atoms. The van der Waals surface area contributed by atoms with Crippen LogP contribution in [0.4, 0.5) is 0 Å². The van der Waals surface area contributed by atoms with Gasteiger partial charge in [0.05, 0.1) is 0 Å². The molecule has 14 heavy (non-hydrogen) atoms. The third kappa shape index (κ3) is 174. The van der Waals surface area contributed by atoms with Crippen LogP contribution < -0.4 is 162 Å². The summed E-state index contributed by atoms with van der Waals surface area (Å²) in [4.78, 5) is 0. The van der Waals surface area contributed by atoms with Crippen molar-refractivity contribution in [3.05, 3.63) is 0 Å². The van der Waals surface area contributed by atoms with Gasteiger partial charge in [-0.15, -0.1) is 0 Å². The SMILES string of the molecule is O=S(=O)([O-])[O-].O=S(=O)([O-])[O-].[K+].[K+].[Na+].[Na+]. The summed E-state index contributed by atoms with van der Waals surface area (Å²) in [6, 6.07) is 0. The second-order valence-corrected chi connectivity index (χ2v) is 2.45. The zero-order chi connectivity index (χ0) is 9.00. The predicted molar refractivity (Wildman–Crippen MR) is 20.9 cm³/mol. The average Bonchev–Trinajstić information content (AvgIpc) is 1.12. The Morgan fingerprint density at radius 1 is 0.571 bits per heavy atom. The van der Waals surface area contributed by atoms with Gasteiger partial charge < -0.3 is 18.2 Å². The van der Waals surface area contributed by atoms with Crippen molar-refractivity contribution >= 4 is 20.8 Å². The molecular weight excluding hydrogens is 316 g/mol. The molecule has 0 aromatic carbocycles. The smallest absolute Gasteiger partial charge is 0.759 e. The number of hydrogen-bond acceptors (Lipinski definition) is 8. The van der Waals surface area contributed by atoms with E-state index in [0.29, 0.717) is 0 Å². The Labute approximate surface area is 211 Å². The van der Waals surface area contributed by atoms with Gasteiger partial charge in [-0.3, -0.25) is 16.8 Å². The van der Waals surface area contributed by atoms with Crippen molar-refractivity contribution in [2.24, 2.45) is 0 Å². The van der Waals surface area contributed by atoms with E-state index in [9.17, 15) is 0 Å². The Bertz CT molecular complexity index is 220. The standard InChI is InChI=1S/2K.2Na.2H2O4S/c;;;;2*1-5(2,3)4/h;;;;2*(H2,1,2,3,4)/q4*+1;;/p-4. The average molecular weight is 316 g/mol. The Morgan fingerprint density at radius 2 is 0.571 bits per heavy atom. The molecule has 0 aromatic rings. The Morgan fingerprint density at radius 3 is 0.571 bits per heavy atom. The second-order valence-electron chi connectivity index (χ2n) is 0.816. The Hall–Kier alpha value is 5.01. The van der Waals surface area contributed by atoms with Crippen LogP contribution in [0.5, 0.6) is 0 Å². The van der Waals surface area contributed by atoms with Crippen molar-refractivity contribution in [2.45, 2.75) is 0 Å². The van der Waals surface area contributed by atoms with E-state index >= 15 is 0 Å². The van der Waals surface area contributed by atoms with E-state index in [0.717, 1.165) is 0 Å². The molecule has 0 unspecified atom stereocenters. The zero-order valence-corrected chi connectivity index (χ0v) is 20.0. The minimum Gasteiger partial charge on any atom is -0.759 e. The first-order chi connectivity index (χ1) is 4.00. The zero-order valence-electron chi connectivity index (χ0n) is 8.08. The fourth-order valence-corrected chi connectivity index (χ4v) is 0. The van der Waals surface area contributed by atoms with Gasteiger partial charge >= 0.3 is 162 Å². The molecule has 0 fully saturated rings. The molecule has 8 nitrogen and oxygen atoms in total. The molecule has 0 bridgehead atoms. The van der Waals surface area contributed by atoms with Crippen molar-refractivity contribution in [3.8, 4) is 0 Å². The van der Waals surface area contributed by atoms with E-state index in [-0.39, 0.29) is 162 Å². The summed E-state index contributed by atoms with van der Waals surface area (Å²) in [5, 5.41) is 0. The van der Waals surface area contributed by atoms with Crippen molar-refractivity contribution in [1.82, 2.24) is 0 Å². The number of rotatable bonds is 0. The maximum atomic E-state index is 8.52. The van der Waals surface area contributed by atoms with Crippen LogP contribution in [-0.2, 0) is 20.8 Å². The number of hydrogen-bond donors (Lipinski definition) is 0. The van der Waals surface area contributed by atoms with Gasteiger partial charge in [-0.1, -0.05) is 0 Å². The predicted octanol–water partition coefficient (Wildman–Crippen LogP) is -14.7.